The van der Waals surface area contributed by atoms with Gasteiger partial charge in [-0.1, -0.05) is 19.6 Å². The van der Waals surface area contributed by atoms with E-state index in [0.29, 0.717) is 30.2 Å². The lowest BCUT2D eigenvalue weighted by molar-refractivity contribution is 0.0770. The second-order valence-electron chi connectivity index (χ2n) is 7.36. The van der Waals surface area contributed by atoms with Gasteiger partial charge in [0.05, 0.1) is 5.69 Å². The number of anilines is 1. The average Bonchev–Trinajstić information content (AvgIpc) is 2.77. The summed E-state index contributed by atoms with van der Waals surface area (Å²) in [7, 11) is -1.15. The van der Waals surface area contributed by atoms with E-state index >= 15 is 0 Å². The largest absolute Gasteiger partial charge is 0.384 e. The summed E-state index contributed by atoms with van der Waals surface area (Å²) in [4.78, 5) is 3.81. The third-order valence-corrected chi connectivity index (χ3v) is 5.72. The predicted molar refractivity (Wildman–Crippen MR) is 98.4 cm³/mol. The Hall–Kier alpha value is -1.80. The van der Waals surface area contributed by atoms with Gasteiger partial charge in [-0.25, -0.2) is 18.4 Å². The van der Waals surface area contributed by atoms with E-state index < -0.39 is 14.5 Å². The number of nitrogens with zero attached hydrogens (tertiary/aromatic N) is 3. The summed E-state index contributed by atoms with van der Waals surface area (Å²) in [5, 5.41) is 4.44. The SMILES string of the molecule is Cc1nn(COCC[Si](C)(C)C)c(C)c1-c1ccc(N)nc1C(F)F. The number of pyridine rings is 1. The van der Waals surface area contributed by atoms with Gasteiger partial charge in [0.25, 0.3) is 6.43 Å². The number of halogens is 2. The van der Waals surface area contributed by atoms with Gasteiger partial charge < -0.3 is 10.5 Å². The van der Waals surface area contributed by atoms with Crippen molar-refractivity contribution in [3.8, 4) is 11.1 Å². The molecule has 8 heteroatoms. The van der Waals surface area contributed by atoms with Crippen molar-refractivity contribution in [3.05, 3.63) is 29.2 Å². The number of nitrogens with two attached hydrogens (primary N) is 1. The Kier molecular flexibility index (Phi) is 5.94. The van der Waals surface area contributed by atoms with Crippen molar-refractivity contribution >= 4 is 13.9 Å². The van der Waals surface area contributed by atoms with Crippen LogP contribution in [-0.4, -0.2) is 29.4 Å². The lowest BCUT2D eigenvalue weighted by Crippen LogP contribution is -2.22. The number of hydrogen-bond acceptors (Lipinski definition) is 4. The molecule has 138 valence electrons. The minimum atomic E-state index is -2.70. The van der Waals surface area contributed by atoms with Crippen molar-refractivity contribution in [1.29, 1.82) is 0 Å². The molecule has 5 nitrogen and oxygen atoms in total. The molecule has 0 aliphatic heterocycles. The molecule has 0 saturated heterocycles. The Balaban J connectivity index is 2.26. The van der Waals surface area contributed by atoms with E-state index in [1.165, 1.54) is 6.07 Å². The monoisotopic (exact) mass is 368 g/mol. The highest BCUT2D eigenvalue weighted by Crippen LogP contribution is 2.34. The summed E-state index contributed by atoms with van der Waals surface area (Å²) < 4.78 is 34.2. The van der Waals surface area contributed by atoms with Crippen LogP contribution in [0.2, 0.25) is 25.7 Å². The van der Waals surface area contributed by atoms with Crippen molar-refractivity contribution in [2.45, 2.75) is 52.7 Å². The van der Waals surface area contributed by atoms with Crippen molar-refractivity contribution in [3.63, 3.8) is 0 Å². The van der Waals surface area contributed by atoms with Crippen LogP contribution in [0.15, 0.2) is 12.1 Å². The van der Waals surface area contributed by atoms with Crippen LogP contribution in [0.1, 0.15) is 23.5 Å². The van der Waals surface area contributed by atoms with Gasteiger partial charge in [-0.05, 0) is 32.0 Å². The van der Waals surface area contributed by atoms with Crippen LogP contribution < -0.4 is 5.73 Å². The first-order valence-electron chi connectivity index (χ1n) is 8.27. The molecule has 0 saturated carbocycles. The smallest absolute Gasteiger partial charge is 0.281 e. The second kappa shape index (κ2) is 7.61. The van der Waals surface area contributed by atoms with E-state index in [-0.39, 0.29) is 11.5 Å². The number of hydrogen-bond donors (Lipinski definition) is 1. The van der Waals surface area contributed by atoms with Crippen LogP contribution in [0, 0.1) is 13.8 Å². The Labute approximate surface area is 148 Å². The van der Waals surface area contributed by atoms with Gasteiger partial charge in [-0.3, -0.25) is 0 Å². The molecule has 0 amide bonds. The van der Waals surface area contributed by atoms with Crippen LogP contribution >= 0.6 is 0 Å². The van der Waals surface area contributed by atoms with Gasteiger partial charge >= 0.3 is 0 Å². The maximum Gasteiger partial charge on any atom is 0.281 e. The first-order chi connectivity index (χ1) is 11.6. The standard InChI is InChI=1S/C17H26F2N4OSi/c1-11-15(13-6-7-14(20)21-16(13)17(18)19)12(2)23(22-11)10-24-8-9-25(3,4)5/h6-7,17H,8-10H2,1-5H3,(H2,20,21). The molecule has 0 bridgehead atoms. The zero-order valence-corrected chi connectivity index (χ0v) is 16.4. The first-order valence-corrected chi connectivity index (χ1v) is 12.0. The summed E-state index contributed by atoms with van der Waals surface area (Å²) in [6.07, 6.45) is -2.70. The highest BCUT2D eigenvalue weighted by Gasteiger charge is 2.22. The minimum Gasteiger partial charge on any atom is -0.384 e. The minimum absolute atomic E-state index is 0.0800. The highest BCUT2D eigenvalue weighted by molar-refractivity contribution is 6.76. The summed E-state index contributed by atoms with van der Waals surface area (Å²) in [6.45, 7) is 11.5. The summed E-state index contributed by atoms with van der Waals surface area (Å²) in [5.41, 5.74) is 7.72. The molecule has 2 rings (SSSR count). The molecule has 0 atom stereocenters. The van der Waals surface area contributed by atoms with Gasteiger partial charge in [0.1, 0.15) is 18.2 Å². The van der Waals surface area contributed by atoms with E-state index in [0.717, 1.165) is 11.7 Å². The Morgan fingerprint density at radius 3 is 2.52 bits per heavy atom. The van der Waals surface area contributed by atoms with Gasteiger partial charge in [-0.15, -0.1) is 0 Å². The van der Waals surface area contributed by atoms with Gasteiger partial charge in [0.2, 0.25) is 0 Å². The van der Waals surface area contributed by atoms with Gasteiger partial charge in [0, 0.05) is 31.5 Å². The molecular weight excluding hydrogens is 342 g/mol. The number of ether oxygens (including phenoxy) is 1. The number of nitrogen functional groups attached to an aromatic ring is 1. The van der Waals surface area contributed by atoms with Crippen molar-refractivity contribution in [2.75, 3.05) is 12.3 Å². The molecule has 2 N–H and O–H groups in total. The molecule has 0 fully saturated rings. The van der Waals surface area contributed by atoms with E-state index in [4.69, 9.17) is 10.5 Å². The molecule has 2 aromatic rings. The first kappa shape index (κ1) is 19.5. The van der Waals surface area contributed by atoms with Crippen LogP contribution in [0.3, 0.4) is 0 Å². The van der Waals surface area contributed by atoms with Gasteiger partial charge in [-0.2, -0.15) is 5.10 Å². The van der Waals surface area contributed by atoms with E-state index in [1.54, 1.807) is 17.7 Å². The van der Waals surface area contributed by atoms with Crippen molar-refractivity contribution in [2.24, 2.45) is 0 Å². The number of alkyl halides is 2. The molecule has 0 aliphatic carbocycles. The number of rotatable bonds is 7. The fourth-order valence-corrected chi connectivity index (χ4v) is 3.37. The normalized spacial score (nSPS) is 12.2. The zero-order chi connectivity index (χ0) is 18.8. The topological polar surface area (TPSA) is 66.0 Å². The third-order valence-electron chi connectivity index (χ3n) is 4.01. The zero-order valence-electron chi connectivity index (χ0n) is 15.4. The molecule has 0 spiro atoms. The second-order valence-corrected chi connectivity index (χ2v) is 13.0. The summed E-state index contributed by atoms with van der Waals surface area (Å²) >= 11 is 0. The molecule has 0 aromatic carbocycles. The molecule has 0 radical (unpaired) electrons. The number of aryl methyl sites for hydroxylation is 1. The highest BCUT2D eigenvalue weighted by atomic mass is 28.3. The molecule has 2 aromatic heterocycles. The van der Waals surface area contributed by atoms with E-state index in [1.807, 2.05) is 6.92 Å². The lowest BCUT2D eigenvalue weighted by atomic mass is 10.0. The van der Waals surface area contributed by atoms with Crippen molar-refractivity contribution < 1.29 is 13.5 Å². The molecule has 0 unspecified atom stereocenters. The fraction of sp³-hybridized carbons (Fsp3) is 0.529. The summed E-state index contributed by atoms with van der Waals surface area (Å²) in [6, 6.07) is 4.18. The summed E-state index contributed by atoms with van der Waals surface area (Å²) in [5.74, 6) is 0.0800. The predicted octanol–water partition coefficient (Wildman–Crippen LogP) is 4.39. The quantitative estimate of drug-likeness (QED) is 0.581. The van der Waals surface area contributed by atoms with E-state index in [2.05, 4.69) is 29.7 Å². The maximum absolute atomic E-state index is 13.4. The third kappa shape index (κ3) is 4.85. The van der Waals surface area contributed by atoms with Crippen LogP contribution in [0.4, 0.5) is 14.6 Å². The average molecular weight is 369 g/mol. The molecule has 2 heterocycles. The maximum atomic E-state index is 13.4. The lowest BCUT2D eigenvalue weighted by Gasteiger charge is -2.15. The van der Waals surface area contributed by atoms with Crippen LogP contribution in [0.5, 0.6) is 0 Å². The fourth-order valence-electron chi connectivity index (χ4n) is 2.61. The Morgan fingerprint density at radius 1 is 1.24 bits per heavy atom. The molecule has 0 aliphatic rings. The van der Waals surface area contributed by atoms with Crippen molar-refractivity contribution in [1.82, 2.24) is 14.8 Å². The molecule has 25 heavy (non-hydrogen) atoms. The molecular formula is C17H26F2N4OSi. The van der Waals surface area contributed by atoms with E-state index in [9.17, 15) is 8.78 Å². The number of aromatic nitrogens is 3. The Morgan fingerprint density at radius 2 is 1.92 bits per heavy atom. The van der Waals surface area contributed by atoms with Gasteiger partial charge in [0.15, 0.2) is 0 Å². The Bertz CT molecular complexity index is 741. The van der Waals surface area contributed by atoms with Crippen LogP contribution in [-0.2, 0) is 11.5 Å². The van der Waals surface area contributed by atoms with Crippen LogP contribution in [0.25, 0.3) is 11.1 Å².